The lowest BCUT2D eigenvalue weighted by Gasteiger charge is -2.38. The van der Waals surface area contributed by atoms with E-state index in [1.165, 1.54) is 6.26 Å². The molecule has 1 aromatic rings. The highest BCUT2D eigenvalue weighted by atomic mass is 16.4. The summed E-state index contributed by atoms with van der Waals surface area (Å²) in [7, 11) is 0. The van der Waals surface area contributed by atoms with E-state index in [4.69, 9.17) is 10.2 Å². The summed E-state index contributed by atoms with van der Waals surface area (Å²) in [5.74, 6) is -0.772. The molecule has 1 aliphatic heterocycles. The number of carboxylic acids is 1. The van der Waals surface area contributed by atoms with Gasteiger partial charge in [0.15, 0.2) is 0 Å². The maximum absolute atomic E-state index is 11.4. The number of furan rings is 1. The summed E-state index contributed by atoms with van der Waals surface area (Å²) in [5, 5.41) is 9.33. The highest BCUT2D eigenvalue weighted by molar-refractivity contribution is 5.79. The Kier molecular flexibility index (Phi) is 2.98. The van der Waals surface area contributed by atoms with Crippen LogP contribution in [0.4, 0.5) is 0 Å². The Bertz CT molecular complexity index is 357. The third kappa shape index (κ3) is 1.72. The van der Waals surface area contributed by atoms with Crippen LogP contribution < -0.4 is 5.73 Å². The molecule has 16 heavy (non-hydrogen) atoms. The Morgan fingerprint density at radius 2 is 2.12 bits per heavy atom. The Hall–Kier alpha value is -1.33. The molecule has 1 saturated heterocycles. The predicted molar refractivity (Wildman–Crippen MR) is 57.6 cm³/mol. The van der Waals surface area contributed by atoms with Crippen molar-refractivity contribution in [2.75, 3.05) is 13.1 Å². The van der Waals surface area contributed by atoms with Crippen LogP contribution in [0.25, 0.3) is 0 Å². The largest absolute Gasteiger partial charge is 0.479 e. The van der Waals surface area contributed by atoms with E-state index in [2.05, 4.69) is 0 Å². The molecule has 0 aromatic carbocycles. The van der Waals surface area contributed by atoms with Gasteiger partial charge in [-0.3, -0.25) is 10.6 Å². The third-order valence-electron chi connectivity index (χ3n) is 3.08. The minimum absolute atomic E-state index is 0.293. The van der Waals surface area contributed by atoms with E-state index in [0.29, 0.717) is 18.8 Å². The summed E-state index contributed by atoms with van der Waals surface area (Å²) in [6, 6.07) is 3.27. The first-order chi connectivity index (χ1) is 7.65. The molecule has 0 amide bonds. The molecule has 5 nitrogen and oxygen atoms in total. The van der Waals surface area contributed by atoms with E-state index < -0.39 is 11.6 Å². The molecule has 3 N–H and O–H groups in total. The van der Waals surface area contributed by atoms with Crippen molar-refractivity contribution in [3.63, 3.8) is 0 Å². The van der Waals surface area contributed by atoms with Crippen molar-refractivity contribution >= 4 is 5.97 Å². The van der Waals surface area contributed by atoms with Crippen LogP contribution in [0.3, 0.4) is 0 Å². The Labute approximate surface area is 93.8 Å². The minimum Gasteiger partial charge on any atom is -0.479 e. The average molecular weight is 224 g/mol. The molecule has 5 heteroatoms. The van der Waals surface area contributed by atoms with Gasteiger partial charge in [0.1, 0.15) is 5.76 Å². The number of rotatable bonds is 3. The zero-order valence-electron chi connectivity index (χ0n) is 9.06. The first-order valence-corrected chi connectivity index (χ1v) is 5.47. The van der Waals surface area contributed by atoms with E-state index in [-0.39, 0.29) is 0 Å². The molecule has 1 fully saturated rings. The highest BCUT2D eigenvalue weighted by Gasteiger charge is 2.45. The number of likely N-dealkylation sites (tertiary alicyclic amines) is 1. The summed E-state index contributed by atoms with van der Waals surface area (Å²) in [6.07, 6.45) is 4.54. The third-order valence-corrected chi connectivity index (χ3v) is 3.08. The Balaban J connectivity index is 2.31. The first-order valence-electron chi connectivity index (χ1n) is 5.47. The number of piperidine rings is 1. The van der Waals surface area contributed by atoms with Gasteiger partial charge in [-0.05, 0) is 25.0 Å². The quantitative estimate of drug-likeness (QED) is 0.799. The fraction of sp³-hybridized carbons (Fsp3) is 0.545. The van der Waals surface area contributed by atoms with Gasteiger partial charge >= 0.3 is 5.97 Å². The second-order valence-corrected chi connectivity index (χ2v) is 4.10. The second-order valence-electron chi connectivity index (χ2n) is 4.10. The molecular weight excluding hydrogens is 208 g/mol. The average Bonchev–Trinajstić information content (AvgIpc) is 2.82. The fourth-order valence-electron chi connectivity index (χ4n) is 2.14. The maximum atomic E-state index is 11.4. The van der Waals surface area contributed by atoms with Crippen LogP contribution in [-0.4, -0.2) is 29.1 Å². The molecule has 1 aromatic heterocycles. The molecule has 2 heterocycles. The number of nitrogens with zero attached hydrogens (tertiary/aromatic N) is 1. The monoisotopic (exact) mass is 224 g/mol. The van der Waals surface area contributed by atoms with Crippen molar-refractivity contribution in [2.45, 2.75) is 24.9 Å². The topological polar surface area (TPSA) is 79.7 Å². The highest BCUT2D eigenvalue weighted by Crippen LogP contribution is 2.27. The van der Waals surface area contributed by atoms with Crippen LogP contribution in [0.5, 0.6) is 0 Å². The molecule has 88 valence electrons. The zero-order valence-corrected chi connectivity index (χ0v) is 9.06. The normalized spacial score (nSPS) is 21.6. The van der Waals surface area contributed by atoms with E-state index >= 15 is 0 Å². The van der Waals surface area contributed by atoms with E-state index in [0.717, 1.165) is 19.3 Å². The molecule has 0 radical (unpaired) electrons. The minimum atomic E-state index is -1.52. The van der Waals surface area contributed by atoms with Gasteiger partial charge < -0.3 is 9.52 Å². The van der Waals surface area contributed by atoms with Crippen molar-refractivity contribution in [2.24, 2.45) is 5.73 Å². The molecular formula is C11H16N2O3. The summed E-state index contributed by atoms with van der Waals surface area (Å²) in [4.78, 5) is 13.2. The summed E-state index contributed by atoms with van der Waals surface area (Å²) >= 11 is 0. The molecule has 0 bridgehead atoms. The molecule has 1 unspecified atom stereocenters. The van der Waals surface area contributed by atoms with E-state index in [9.17, 15) is 9.90 Å². The number of aliphatic carboxylic acids is 1. The molecule has 2 rings (SSSR count). The van der Waals surface area contributed by atoms with Crippen molar-refractivity contribution in [1.29, 1.82) is 0 Å². The van der Waals surface area contributed by atoms with E-state index in [1.54, 1.807) is 17.0 Å². The summed E-state index contributed by atoms with van der Waals surface area (Å²) < 4.78 is 5.17. The molecule has 0 saturated carbocycles. The van der Waals surface area contributed by atoms with Gasteiger partial charge in [0, 0.05) is 13.1 Å². The Morgan fingerprint density at radius 3 is 2.62 bits per heavy atom. The molecule has 1 atom stereocenters. The molecule has 1 aliphatic rings. The van der Waals surface area contributed by atoms with Crippen molar-refractivity contribution < 1.29 is 14.3 Å². The first kappa shape index (κ1) is 11.2. The molecule has 0 spiro atoms. The van der Waals surface area contributed by atoms with Gasteiger partial charge in [-0.15, -0.1) is 0 Å². The lowest BCUT2D eigenvalue weighted by Crippen LogP contribution is -2.59. The molecule has 0 aliphatic carbocycles. The number of carbonyl (C=O) groups is 1. The maximum Gasteiger partial charge on any atom is 0.347 e. The smallest absolute Gasteiger partial charge is 0.347 e. The standard InChI is InChI=1S/C11H16N2O3/c12-11(10(14)15,9-5-4-8-16-9)13-6-2-1-3-7-13/h4-5,8H,1-3,6-7,12H2,(H,14,15). The predicted octanol–water partition coefficient (Wildman–Crippen LogP) is 0.962. The summed E-state index contributed by atoms with van der Waals surface area (Å²) in [5.41, 5.74) is 4.49. The van der Waals surface area contributed by atoms with Crippen LogP contribution >= 0.6 is 0 Å². The fourth-order valence-corrected chi connectivity index (χ4v) is 2.14. The van der Waals surface area contributed by atoms with E-state index in [1.807, 2.05) is 0 Å². The number of hydrogen-bond donors (Lipinski definition) is 2. The van der Waals surface area contributed by atoms with Crippen molar-refractivity contribution in [3.05, 3.63) is 24.2 Å². The Morgan fingerprint density at radius 1 is 1.44 bits per heavy atom. The lowest BCUT2D eigenvalue weighted by molar-refractivity contribution is -0.154. The van der Waals surface area contributed by atoms with Gasteiger partial charge in [-0.1, -0.05) is 6.42 Å². The zero-order chi connectivity index (χ0) is 11.6. The van der Waals surface area contributed by atoms with Gasteiger partial charge in [-0.2, -0.15) is 0 Å². The van der Waals surface area contributed by atoms with Gasteiger partial charge in [0.05, 0.1) is 6.26 Å². The van der Waals surface area contributed by atoms with Crippen LogP contribution in [0.2, 0.25) is 0 Å². The second kappa shape index (κ2) is 4.27. The number of nitrogens with two attached hydrogens (primary N) is 1. The van der Waals surface area contributed by atoms with Gasteiger partial charge in [-0.25, -0.2) is 4.79 Å². The van der Waals surface area contributed by atoms with Crippen LogP contribution in [0, 0.1) is 0 Å². The van der Waals surface area contributed by atoms with Crippen molar-refractivity contribution in [3.8, 4) is 0 Å². The number of carboxylic acid groups (broad SMARTS) is 1. The van der Waals surface area contributed by atoms with Crippen LogP contribution in [0.15, 0.2) is 22.8 Å². The van der Waals surface area contributed by atoms with Crippen LogP contribution in [0.1, 0.15) is 25.0 Å². The van der Waals surface area contributed by atoms with Gasteiger partial charge in [0.25, 0.3) is 0 Å². The van der Waals surface area contributed by atoms with Crippen molar-refractivity contribution in [1.82, 2.24) is 4.90 Å². The summed E-state index contributed by atoms with van der Waals surface area (Å²) in [6.45, 7) is 1.40. The van der Waals surface area contributed by atoms with Crippen LogP contribution in [-0.2, 0) is 10.5 Å². The lowest BCUT2D eigenvalue weighted by atomic mass is 10.0. The van der Waals surface area contributed by atoms with Gasteiger partial charge in [0.2, 0.25) is 5.66 Å². The number of hydrogen-bond acceptors (Lipinski definition) is 4. The SMILES string of the molecule is NC(C(=O)O)(c1ccco1)N1CCCCC1.